The predicted molar refractivity (Wildman–Crippen MR) is 165 cm³/mol. The lowest BCUT2D eigenvalue weighted by Gasteiger charge is -2.25. The largest absolute Gasteiger partial charge is 0.464 e. The molecular formula is C29H45N3O8S2. The Morgan fingerprint density at radius 2 is 1.24 bits per heavy atom. The summed E-state index contributed by atoms with van der Waals surface area (Å²) < 4.78 is 15.6. The van der Waals surface area contributed by atoms with Gasteiger partial charge in [-0.2, -0.15) is 0 Å². The smallest absolute Gasteiger partial charge is 0.408 e. The van der Waals surface area contributed by atoms with Gasteiger partial charge in [0.25, 0.3) is 0 Å². The number of ether oxygens (including phenoxy) is 3. The number of hydrogen-bond donors (Lipinski definition) is 3. The minimum absolute atomic E-state index is 0.0997. The summed E-state index contributed by atoms with van der Waals surface area (Å²) in [5.41, 5.74) is -0.674. The highest BCUT2D eigenvalue weighted by Crippen LogP contribution is 2.24. The van der Waals surface area contributed by atoms with E-state index in [1.807, 2.05) is 30.3 Å². The van der Waals surface area contributed by atoms with Crippen LogP contribution in [0.1, 0.15) is 61.0 Å². The van der Waals surface area contributed by atoms with E-state index < -0.39 is 53.1 Å². The van der Waals surface area contributed by atoms with E-state index in [1.165, 1.54) is 21.6 Å². The minimum atomic E-state index is -1.04. The number of hydrogen-bond acceptors (Lipinski definition) is 10. The Labute approximate surface area is 256 Å². The fourth-order valence-corrected chi connectivity index (χ4v) is 5.51. The maximum Gasteiger partial charge on any atom is 0.408 e. The zero-order valence-electron chi connectivity index (χ0n) is 25.7. The number of esters is 2. The molecule has 0 saturated carbocycles. The van der Waals surface area contributed by atoms with Crippen molar-refractivity contribution >= 4 is 51.4 Å². The molecule has 0 unspecified atom stereocenters. The lowest BCUT2D eigenvalue weighted by molar-refractivity contribution is -0.147. The molecule has 0 bridgehead atoms. The van der Waals surface area contributed by atoms with Crippen molar-refractivity contribution in [1.29, 1.82) is 0 Å². The molecule has 13 heteroatoms. The van der Waals surface area contributed by atoms with Gasteiger partial charge in [-0.3, -0.25) is 9.59 Å². The van der Waals surface area contributed by atoms with Gasteiger partial charge in [0, 0.05) is 23.3 Å². The summed E-state index contributed by atoms with van der Waals surface area (Å²) in [6.45, 7) is 14.0. The molecule has 0 radical (unpaired) electrons. The van der Waals surface area contributed by atoms with Gasteiger partial charge >= 0.3 is 18.0 Å². The molecule has 0 aliphatic rings. The van der Waals surface area contributed by atoms with E-state index in [1.54, 1.807) is 55.4 Å². The molecule has 1 aromatic carbocycles. The van der Waals surface area contributed by atoms with Gasteiger partial charge in [0.2, 0.25) is 11.8 Å². The zero-order valence-corrected chi connectivity index (χ0v) is 27.4. The molecule has 3 atom stereocenters. The third kappa shape index (κ3) is 14.8. The van der Waals surface area contributed by atoms with Gasteiger partial charge in [0.15, 0.2) is 0 Å². The Bertz CT molecular complexity index is 1040. The van der Waals surface area contributed by atoms with Gasteiger partial charge in [-0.25, -0.2) is 14.4 Å². The van der Waals surface area contributed by atoms with Crippen molar-refractivity contribution in [2.24, 2.45) is 5.41 Å². The number of rotatable bonds is 15. The van der Waals surface area contributed by atoms with Crippen molar-refractivity contribution in [3.05, 3.63) is 35.9 Å². The van der Waals surface area contributed by atoms with Crippen molar-refractivity contribution < 1.29 is 38.2 Å². The van der Waals surface area contributed by atoms with Gasteiger partial charge in [-0.05, 0) is 40.2 Å². The van der Waals surface area contributed by atoms with Crippen LogP contribution in [0.5, 0.6) is 0 Å². The lowest BCUT2D eigenvalue weighted by atomic mass is 9.95. The summed E-state index contributed by atoms with van der Waals surface area (Å²) in [7, 11) is 2.46. The molecular weight excluding hydrogens is 582 g/mol. The summed E-state index contributed by atoms with van der Waals surface area (Å²) in [6.07, 6.45) is -0.601. The molecule has 0 saturated heterocycles. The molecule has 236 valence electrons. The summed E-state index contributed by atoms with van der Waals surface area (Å²) in [5.74, 6) is -1.82. The minimum Gasteiger partial charge on any atom is -0.464 e. The molecule has 0 spiro atoms. The maximum absolute atomic E-state index is 13.4. The van der Waals surface area contributed by atoms with E-state index in [4.69, 9.17) is 14.2 Å². The Hall–Kier alpha value is -2.93. The summed E-state index contributed by atoms with van der Waals surface area (Å²) in [4.78, 5) is 63.5. The van der Waals surface area contributed by atoms with E-state index in [9.17, 15) is 24.0 Å². The maximum atomic E-state index is 13.4. The van der Waals surface area contributed by atoms with Crippen LogP contribution in [0.2, 0.25) is 0 Å². The van der Waals surface area contributed by atoms with Crippen LogP contribution in [0.15, 0.2) is 30.3 Å². The van der Waals surface area contributed by atoms with Crippen molar-refractivity contribution in [2.75, 3.05) is 24.7 Å². The first-order chi connectivity index (χ1) is 19.6. The van der Waals surface area contributed by atoms with Gasteiger partial charge in [-0.15, -0.1) is 0 Å². The number of carbonyl (C=O) groups excluding carboxylic acids is 5. The topological polar surface area (TPSA) is 149 Å². The van der Waals surface area contributed by atoms with Crippen LogP contribution >= 0.6 is 21.6 Å². The SMILES string of the molecule is CCOC(=O)[C@H](CSSC[C@H](NC(=O)C(C)(C)C)C(=O)OCC)NC(=O)[C@H](Cc1ccccc1)NC(=O)OC(C)(C)C. The van der Waals surface area contributed by atoms with Crippen LogP contribution in [0.3, 0.4) is 0 Å². The molecule has 42 heavy (non-hydrogen) atoms. The average Bonchev–Trinajstić information content (AvgIpc) is 2.88. The number of benzene rings is 1. The Kier molecular flexibility index (Phi) is 15.8. The molecule has 0 aromatic heterocycles. The molecule has 3 amide bonds. The molecule has 0 aliphatic heterocycles. The molecule has 0 heterocycles. The molecule has 11 nitrogen and oxygen atoms in total. The standard InChI is InChI=1S/C29H45N3O8S2/c1-9-38-24(34)21(17-41-42-18-22(25(35)39-10-2)31-26(36)28(3,4)5)30-23(33)20(16-19-14-12-11-13-15-19)32-27(37)40-29(6,7)8/h11-15,20-22H,9-10,16-18H2,1-8H3,(H,30,33)(H,31,36)(H,32,37)/t20-,21-,22-/m0/s1. The van der Waals surface area contributed by atoms with Gasteiger partial charge in [0.05, 0.1) is 13.2 Å². The monoisotopic (exact) mass is 627 g/mol. The normalized spacial score (nSPS) is 13.6. The van der Waals surface area contributed by atoms with Crippen molar-refractivity contribution in [2.45, 2.75) is 85.5 Å². The zero-order chi connectivity index (χ0) is 31.9. The second-order valence-corrected chi connectivity index (χ2v) is 13.9. The van der Waals surface area contributed by atoms with Crippen molar-refractivity contribution in [1.82, 2.24) is 16.0 Å². The molecule has 0 aliphatic carbocycles. The van der Waals surface area contributed by atoms with Crippen LogP contribution in [0.4, 0.5) is 4.79 Å². The van der Waals surface area contributed by atoms with Crippen LogP contribution in [-0.2, 0) is 39.8 Å². The summed E-state index contributed by atoms with van der Waals surface area (Å²) in [5, 5.41) is 8.02. The number of carbonyl (C=O) groups is 5. The number of alkyl carbamates (subject to hydrolysis) is 1. The first-order valence-corrected chi connectivity index (χ1v) is 16.3. The third-order valence-electron chi connectivity index (χ3n) is 5.29. The van der Waals surface area contributed by atoms with E-state index in [-0.39, 0.29) is 37.0 Å². The first kappa shape index (κ1) is 37.1. The second-order valence-electron chi connectivity index (χ2n) is 11.3. The van der Waals surface area contributed by atoms with Gasteiger partial charge in [0.1, 0.15) is 23.7 Å². The summed E-state index contributed by atoms with van der Waals surface area (Å²) >= 11 is 0. The van der Waals surface area contributed by atoms with Crippen LogP contribution in [0, 0.1) is 5.41 Å². The van der Waals surface area contributed by atoms with Crippen LogP contribution in [0.25, 0.3) is 0 Å². The fraction of sp³-hybridized carbons (Fsp3) is 0.621. The van der Waals surface area contributed by atoms with Crippen molar-refractivity contribution in [3.63, 3.8) is 0 Å². The number of amides is 3. The average molecular weight is 628 g/mol. The van der Waals surface area contributed by atoms with E-state index >= 15 is 0 Å². The fourth-order valence-electron chi connectivity index (χ4n) is 3.21. The van der Waals surface area contributed by atoms with E-state index in [0.29, 0.717) is 0 Å². The van der Waals surface area contributed by atoms with Gasteiger partial charge in [-0.1, -0.05) is 72.7 Å². The highest BCUT2D eigenvalue weighted by molar-refractivity contribution is 8.76. The highest BCUT2D eigenvalue weighted by Gasteiger charge is 2.31. The Morgan fingerprint density at radius 3 is 1.69 bits per heavy atom. The van der Waals surface area contributed by atoms with Crippen LogP contribution < -0.4 is 16.0 Å². The lowest BCUT2D eigenvalue weighted by Crippen LogP contribution is -2.54. The molecule has 3 N–H and O–H groups in total. The van der Waals surface area contributed by atoms with Crippen molar-refractivity contribution in [3.8, 4) is 0 Å². The Balaban J connectivity index is 2.97. The van der Waals surface area contributed by atoms with Gasteiger partial charge < -0.3 is 30.2 Å². The Morgan fingerprint density at radius 1 is 0.738 bits per heavy atom. The molecule has 1 aromatic rings. The molecule has 0 fully saturated rings. The third-order valence-corrected chi connectivity index (χ3v) is 7.71. The van der Waals surface area contributed by atoms with E-state index in [2.05, 4.69) is 16.0 Å². The van der Waals surface area contributed by atoms with E-state index in [0.717, 1.165) is 5.56 Å². The molecule has 1 rings (SSSR count). The predicted octanol–water partition coefficient (Wildman–Crippen LogP) is 3.65. The number of nitrogens with one attached hydrogen (secondary N) is 3. The quantitative estimate of drug-likeness (QED) is 0.114. The highest BCUT2D eigenvalue weighted by atomic mass is 33.1. The second kappa shape index (κ2) is 17.9. The summed E-state index contributed by atoms with van der Waals surface area (Å²) in [6, 6.07) is 6.16. The van der Waals surface area contributed by atoms with Crippen LogP contribution in [-0.4, -0.2) is 78.3 Å². The first-order valence-electron chi connectivity index (χ1n) is 13.8.